The fourth-order valence-corrected chi connectivity index (χ4v) is 2.55. The number of allylic oxidation sites excluding steroid dienone is 5. The van der Waals surface area contributed by atoms with E-state index < -0.39 is 0 Å². The lowest BCUT2D eigenvalue weighted by Crippen LogP contribution is -1.92. The highest BCUT2D eigenvalue weighted by Gasteiger charge is 2.01. The maximum atomic E-state index is 8.02. The molecule has 0 atom stereocenters. The summed E-state index contributed by atoms with van der Waals surface area (Å²) in [5.41, 5.74) is 1.96. The molecule has 0 saturated heterocycles. The van der Waals surface area contributed by atoms with Gasteiger partial charge in [-0.1, -0.05) is 66.7 Å². The number of nitrogens with zero attached hydrogens (tertiary/aromatic N) is 1. The highest BCUT2D eigenvalue weighted by Crippen LogP contribution is 2.17. The monoisotopic (exact) mass is 444 g/mol. The first-order valence-electron chi connectivity index (χ1n) is 7.12. The average molecular weight is 446 g/mol. The second kappa shape index (κ2) is 14.0. The predicted octanol–water partition coefficient (Wildman–Crippen LogP) is 6.73. The van der Waals surface area contributed by atoms with Gasteiger partial charge in [0.05, 0.1) is 0 Å². The van der Waals surface area contributed by atoms with Crippen molar-refractivity contribution in [3.05, 3.63) is 63.8 Å². The second-order valence-corrected chi connectivity index (χ2v) is 6.29. The number of halogens is 2. The molecule has 0 spiro atoms. The third-order valence-electron chi connectivity index (χ3n) is 2.25. The summed E-state index contributed by atoms with van der Waals surface area (Å²) in [5.74, 6) is 0. The molecule has 1 N–H and O–H groups in total. The zero-order chi connectivity index (χ0) is 16.8. The zero-order valence-corrected chi connectivity index (χ0v) is 17.1. The van der Waals surface area contributed by atoms with Crippen molar-refractivity contribution < 1.29 is 0 Å². The van der Waals surface area contributed by atoms with Crippen LogP contribution >= 0.6 is 43.6 Å². The van der Waals surface area contributed by atoms with Gasteiger partial charge in [-0.2, -0.15) is 0 Å². The minimum atomic E-state index is 0.482. The predicted molar refractivity (Wildman–Crippen MR) is 108 cm³/mol. The molecule has 1 rings (SSSR count). The van der Waals surface area contributed by atoms with Gasteiger partial charge in [0, 0.05) is 27.8 Å². The fraction of sp³-hybridized carbons (Fsp3) is 0.294. The van der Waals surface area contributed by atoms with Crippen LogP contribution in [-0.4, -0.2) is 15.4 Å². The molecular formula is C17H22Br2N2S. The molecule has 0 aliphatic carbocycles. The Kier molecular flexibility index (Phi) is 13.6. The van der Waals surface area contributed by atoms with Crippen LogP contribution in [-0.2, 0) is 0 Å². The Morgan fingerprint density at radius 2 is 2.05 bits per heavy atom. The summed E-state index contributed by atoms with van der Waals surface area (Å²) in [4.78, 5) is 4.07. The van der Waals surface area contributed by atoms with Gasteiger partial charge >= 0.3 is 0 Å². The van der Waals surface area contributed by atoms with Crippen LogP contribution in [0.1, 0.15) is 32.8 Å². The Hall–Kier alpha value is -0.650. The molecule has 0 unspecified atom stereocenters. The van der Waals surface area contributed by atoms with Gasteiger partial charge in [-0.15, -0.1) is 0 Å². The normalized spacial score (nSPS) is 11.6. The lowest BCUT2D eigenvalue weighted by Gasteiger charge is -2.00. The molecule has 0 amide bonds. The molecule has 1 aromatic rings. The van der Waals surface area contributed by atoms with E-state index in [0.29, 0.717) is 5.04 Å². The Labute approximate surface area is 155 Å². The molecule has 0 bridgehead atoms. The van der Waals surface area contributed by atoms with Gasteiger partial charge in [-0.3, -0.25) is 10.4 Å². The van der Waals surface area contributed by atoms with E-state index in [0.717, 1.165) is 27.4 Å². The molecular weight excluding hydrogens is 424 g/mol. The van der Waals surface area contributed by atoms with Crippen LogP contribution in [0, 0.1) is 5.41 Å². The molecule has 22 heavy (non-hydrogen) atoms. The number of pyridine rings is 1. The number of hydrogen-bond donors (Lipinski definition) is 1. The van der Waals surface area contributed by atoms with E-state index in [1.807, 2.05) is 31.4 Å². The van der Waals surface area contributed by atoms with Gasteiger partial charge in [0.1, 0.15) is 5.04 Å². The molecule has 0 saturated carbocycles. The van der Waals surface area contributed by atoms with Crippen LogP contribution in [0.5, 0.6) is 0 Å². The van der Waals surface area contributed by atoms with Crippen LogP contribution in [0.3, 0.4) is 0 Å². The molecule has 2 nitrogen and oxygen atoms in total. The van der Waals surface area contributed by atoms with Gasteiger partial charge in [0.2, 0.25) is 0 Å². The Morgan fingerprint density at radius 1 is 1.32 bits per heavy atom. The highest BCUT2D eigenvalue weighted by atomic mass is 79.9. The Balaban J connectivity index is 0.00000211. The molecule has 120 valence electrons. The van der Waals surface area contributed by atoms with Crippen molar-refractivity contribution in [1.29, 1.82) is 5.41 Å². The van der Waals surface area contributed by atoms with Gasteiger partial charge in [-0.05, 0) is 45.5 Å². The molecule has 0 aromatic carbocycles. The Morgan fingerprint density at radius 3 is 2.64 bits per heavy atom. The minimum Gasteiger partial charge on any atom is -0.293 e. The number of alkyl halides is 1. The number of nitrogens with one attached hydrogen (secondary N) is 1. The van der Waals surface area contributed by atoms with Gasteiger partial charge in [-0.25, -0.2) is 0 Å². The minimum absolute atomic E-state index is 0.482. The molecule has 0 aliphatic heterocycles. The first-order chi connectivity index (χ1) is 10.7. The lowest BCUT2D eigenvalue weighted by molar-refractivity contribution is 1.21. The number of hydrogen-bond acceptors (Lipinski definition) is 3. The van der Waals surface area contributed by atoms with Crippen molar-refractivity contribution in [2.75, 3.05) is 5.33 Å². The van der Waals surface area contributed by atoms with Crippen molar-refractivity contribution in [2.45, 2.75) is 27.2 Å². The molecule has 0 aliphatic rings. The van der Waals surface area contributed by atoms with Crippen LogP contribution in [0.4, 0.5) is 0 Å². The number of thioether (sulfide) groups is 1. The third kappa shape index (κ3) is 9.38. The molecule has 0 radical (unpaired) electrons. The third-order valence-corrected chi connectivity index (χ3v) is 3.80. The summed E-state index contributed by atoms with van der Waals surface area (Å²) >= 11 is 8.11. The van der Waals surface area contributed by atoms with Crippen LogP contribution in [0.25, 0.3) is 0 Å². The average Bonchev–Trinajstić information content (AvgIpc) is 2.54. The van der Waals surface area contributed by atoms with E-state index in [4.69, 9.17) is 5.41 Å². The molecule has 5 heteroatoms. The first kappa shape index (κ1) is 21.4. The largest absolute Gasteiger partial charge is 0.293 e. The zero-order valence-electron chi connectivity index (χ0n) is 13.1. The van der Waals surface area contributed by atoms with Gasteiger partial charge in [0.15, 0.2) is 0 Å². The van der Waals surface area contributed by atoms with Crippen LogP contribution in [0.15, 0.2) is 58.2 Å². The smallest absolute Gasteiger partial charge is 0.100 e. The number of rotatable bonds is 6. The summed E-state index contributed by atoms with van der Waals surface area (Å²) in [5, 5.41) is 11.3. The first-order valence-corrected chi connectivity index (χ1v) is 9.92. The fourth-order valence-electron chi connectivity index (χ4n) is 1.39. The second-order valence-electron chi connectivity index (χ2n) is 3.81. The SMILES string of the molecule is CC.CC/C=C(\C=C/CBr)/C=C/SC(=N)c1cncc(Br)c1. The van der Waals surface area contributed by atoms with Gasteiger partial charge in [0.25, 0.3) is 0 Å². The Bertz CT molecular complexity index is 537. The van der Waals surface area contributed by atoms with E-state index in [-0.39, 0.29) is 0 Å². The maximum absolute atomic E-state index is 8.02. The summed E-state index contributed by atoms with van der Waals surface area (Å²) in [6, 6.07) is 1.89. The van der Waals surface area contributed by atoms with Crippen molar-refractivity contribution in [2.24, 2.45) is 0 Å². The molecule has 0 fully saturated rings. The van der Waals surface area contributed by atoms with E-state index in [1.54, 1.807) is 12.4 Å². The van der Waals surface area contributed by atoms with Crippen molar-refractivity contribution in [1.82, 2.24) is 4.98 Å². The topological polar surface area (TPSA) is 36.7 Å². The molecule has 1 heterocycles. The number of aromatic nitrogens is 1. The van der Waals surface area contributed by atoms with Crippen molar-refractivity contribution >= 4 is 48.7 Å². The standard InChI is InChI=1S/C15H16Br2N2S.C2H6/c1-2-4-12(5-3-7-16)6-8-20-15(18)13-9-14(17)11-19-10-13;1-2/h3-6,8-11,18H,2,7H2,1H3;1-2H3/b5-3-,8-6+,12-4+,18-15?;. The van der Waals surface area contributed by atoms with Crippen LogP contribution < -0.4 is 0 Å². The summed E-state index contributed by atoms with van der Waals surface area (Å²) in [7, 11) is 0. The highest BCUT2D eigenvalue weighted by molar-refractivity contribution is 9.10. The van der Waals surface area contributed by atoms with Crippen molar-refractivity contribution in [3.63, 3.8) is 0 Å². The summed E-state index contributed by atoms with van der Waals surface area (Å²) in [6.07, 6.45) is 12.7. The maximum Gasteiger partial charge on any atom is 0.100 e. The summed E-state index contributed by atoms with van der Waals surface area (Å²) in [6.45, 7) is 6.11. The van der Waals surface area contributed by atoms with E-state index >= 15 is 0 Å². The van der Waals surface area contributed by atoms with E-state index in [9.17, 15) is 0 Å². The van der Waals surface area contributed by atoms with Crippen LogP contribution in [0.2, 0.25) is 0 Å². The van der Waals surface area contributed by atoms with Gasteiger partial charge < -0.3 is 0 Å². The summed E-state index contributed by atoms with van der Waals surface area (Å²) < 4.78 is 0.885. The van der Waals surface area contributed by atoms with E-state index in [2.05, 4.69) is 62.0 Å². The van der Waals surface area contributed by atoms with E-state index in [1.165, 1.54) is 11.8 Å². The lowest BCUT2D eigenvalue weighted by atomic mass is 10.2. The quantitative estimate of drug-likeness (QED) is 0.228. The van der Waals surface area contributed by atoms with Crippen molar-refractivity contribution in [3.8, 4) is 0 Å². The molecule has 1 aromatic heterocycles.